The Balaban J connectivity index is 1.23. The van der Waals surface area contributed by atoms with Gasteiger partial charge in [-0.05, 0) is 68.7 Å². The van der Waals surface area contributed by atoms with Gasteiger partial charge in [0.15, 0.2) is 0 Å². The van der Waals surface area contributed by atoms with Gasteiger partial charge < -0.3 is 20.5 Å². The summed E-state index contributed by atoms with van der Waals surface area (Å²) in [6, 6.07) is 10.8. The third-order valence-corrected chi connectivity index (χ3v) is 6.83. The Bertz CT molecular complexity index is 1770. The minimum Gasteiger partial charge on any atom is -0.351 e. The van der Waals surface area contributed by atoms with E-state index in [0.717, 1.165) is 24.5 Å². The van der Waals surface area contributed by atoms with E-state index in [-0.39, 0.29) is 16.9 Å². The van der Waals surface area contributed by atoms with Gasteiger partial charge in [-0.15, -0.1) is 0 Å². The van der Waals surface area contributed by atoms with Gasteiger partial charge in [0.25, 0.3) is 5.91 Å². The molecule has 0 atom stereocenters. The van der Waals surface area contributed by atoms with Crippen LogP contribution in [0.4, 0.5) is 36.4 Å². The van der Waals surface area contributed by atoms with E-state index in [4.69, 9.17) is 0 Å². The fourth-order valence-corrected chi connectivity index (χ4v) is 4.45. The molecule has 1 fully saturated rings. The van der Waals surface area contributed by atoms with Crippen LogP contribution in [0.15, 0.2) is 73.4 Å². The van der Waals surface area contributed by atoms with E-state index in [1.807, 2.05) is 6.92 Å². The van der Waals surface area contributed by atoms with E-state index < -0.39 is 17.6 Å². The molecule has 0 unspecified atom stereocenters. The number of benzene rings is 2. The Morgan fingerprint density at radius 3 is 2.45 bits per heavy atom. The normalized spacial score (nSPS) is 13.2. The summed E-state index contributed by atoms with van der Waals surface area (Å²) >= 11 is 0. The molecule has 1 amide bonds. The third-order valence-electron chi connectivity index (χ3n) is 6.83. The standard InChI is InChI=1S/C29H26F3N9O/c1-17-3-4-19(26(42)36-21-7-8-24(22(16-21)29(30,31)32)40-13-11-33-18(40)2)15-23(17)38-28-35-12-14-41(28)25-9-10-34-27(39-25)37-20-5-6-20/h3-4,7-16,20H,5-6H2,1-2H3,(H,35,38)(H,36,42)(H,34,37,39). The highest BCUT2D eigenvalue weighted by Gasteiger charge is 2.35. The maximum Gasteiger partial charge on any atom is 0.418 e. The molecule has 214 valence electrons. The van der Waals surface area contributed by atoms with Crippen LogP contribution in [-0.2, 0) is 6.18 Å². The van der Waals surface area contributed by atoms with Crippen molar-refractivity contribution in [3.63, 3.8) is 0 Å². The Hall–Kier alpha value is -5.20. The molecule has 0 aliphatic heterocycles. The van der Waals surface area contributed by atoms with Gasteiger partial charge in [-0.25, -0.2) is 15.0 Å². The number of aromatic nitrogens is 6. The maximum absolute atomic E-state index is 14.0. The van der Waals surface area contributed by atoms with Gasteiger partial charge in [-0.3, -0.25) is 9.36 Å². The number of imidazole rings is 2. The van der Waals surface area contributed by atoms with Crippen LogP contribution in [0.2, 0.25) is 0 Å². The molecule has 13 heteroatoms. The molecule has 2 aromatic carbocycles. The molecule has 42 heavy (non-hydrogen) atoms. The number of rotatable bonds is 8. The predicted molar refractivity (Wildman–Crippen MR) is 152 cm³/mol. The average molecular weight is 574 g/mol. The Labute approximate surface area is 238 Å². The van der Waals surface area contributed by atoms with E-state index >= 15 is 0 Å². The van der Waals surface area contributed by atoms with Gasteiger partial charge in [0, 0.05) is 54.0 Å². The number of nitrogens with zero attached hydrogens (tertiary/aromatic N) is 6. The van der Waals surface area contributed by atoms with Gasteiger partial charge >= 0.3 is 6.18 Å². The molecule has 3 N–H and O–H groups in total. The lowest BCUT2D eigenvalue weighted by atomic mass is 10.1. The fourth-order valence-electron chi connectivity index (χ4n) is 4.45. The van der Waals surface area contributed by atoms with Crippen molar-refractivity contribution in [3.05, 3.63) is 96.0 Å². The SMILES string of the molecule is Cc1ccc(C(=O)Nc2ccc(-n3ccnc3C)c(C(F)(F)F)c2)cc1Nc1nccn1-c1ccnc(NC2CC2)n1. The summed E-state index contributed by atoms with van der Waals surface area (Å²) in [4.78, 5) is 30.4. The molecule has 1 aliphatic carbocycles. The zero-order valence-electron chi connectivity index (χ0n) is 22.6. The number of alkyl halides is 3. The maximum atomic E-state index is 14.0. The van der Waals surface area contributed by atoms with Gasteiger partial charge in [-0.2, -0.15) is 18.2 Å². The van der Waals surface area contributed by atoms with Crippen molar-refractivity contribution in [3.8, 4) is 11.5 Å². The first kappa shape index (κ1) is 27.0. The van der Waals surface area contributed by atoms with Crippen molar-refractivity contribution in [2.24, 2.45) is 0 Å². The second-order valence-corrected chi connectivity index (χ2v) is 9.96. The second-order valence-electron chi connectivity index (χ2n) is 9.96. The molecule has 0 bridgehead atoms. The lowest BCUT2D eigenvalue weighted by Crippen LogP contribution is -2.15. The van der Waals surface area contributed by atoms with Crippen LogP contribution in [0.1, 0.15) is 40.2 Å². The number of carbonyl (C=O) groups is 1. The minimum absolute atomic E-state index is 0.0128. The highest BCUT2D eigenvalue weighted by molar-refractivity contribution is 6.05. The molecular weight excluding hydrogens is 547 g/mol. The molecule has 5 aromatic rings. The van der Waals surface area contributed by atoms with Crippen molar-refractivity contribution in [2.75, 3.05) is 16.0 Å². The first-order chi connectivity index (χ1) is 20.2. The largest absolute Gasteiger partial charge is 0.418 e. The van der Waals surface area contributed by atoms with Gasteiger partial charge in [0.2, 0.25) is 11.9 Å². The van der Waals surface area contributed by atoms with E-state index in [0.29, 0.717) is 35.3 Å². The summed E-state index contributed by atoms with van der Waals surface area (Å²) in [6.07, 6.45) is 5.47. The average Bonchev–Trinajstić information content (AvgIpc) is 3.47. The van der Waals surface area contributed by atoms with E-state index in [1.54, 1.807) is 54.3 Å². The lowest BCUT2D eigenvalue weighted by molar-refractivity contribution is -0.137. The van der Waals surface area contributed by atoms with Crippen molar-refractivity contribution in [2.45, 2.75) is 38.9 Å². The topological polar surface area (TPSA) is 115 Å². The first-order valence-corrected chi connectivity index (χ1v) is 13.2. The van der Waals surface area contributed by atoms with Crippen LogP contribution >= 0.6 is 0 Å². The number of nitrogens with one attached hydrogen (secondary N) is 3. The minimum atomic E-state index is -4.64. The van der Waals surface area contributed by atoms with E-state index in [1.165, 1.54) is 29.1 Å². The number of carbonyl (C=O) groups excluding carboxylic acids is 1. The molecule has 1 aliphatic rings. The molecule has 0 radical (unpaired) electrons. The molecule has 10 nitrogen and oxygen atoms in total. The lowest BCUT2D eigenvalue weighted by Gasteiger charge is -2.17. The monoisotopic (exact) mass is 573 g/mol. The summed E-state index contributed by atoms with van der Waals surface area (Å²) in [6.45, 7) is 3.48. The molecule has 6 rings (SSSR count). The van der Waals surface area contributed by atoms with Crippen molar-refractivity contribution < 1.29 is 18.0 Å². The quantitative estimate of drug-likeness (QED) is 0.207. The third kappa shape index (κ3) is 5.66. The van der Waals surface area contributed by atoms with Crippen molar-refractivity contribution in [1.82, 2.24) is 29.1 Å². The first-order valence-electron chi connectivity index (χ1n) is 13.2. The zero-order valence-corrected chi connectivity index (χ0v) is 22.6. The highest BCUT2D eigenvalue weighted by atomic mass is 19.4. The summed E-state index contributed by atoms with van der Waals surface area (Å²) in [7, 11) is 0. The number of halogens is 3. The fraction of sp³-hybridized carbons (Fsp3) is 0.207. The number of anilines is 4. The predicted octanol–water partition coefficient (Wildman–Crippen LogP) is 6.05. The van der Waals surface area contributed by atoms with E-state index in [2.05, 4.69) is 35.9 Å². The smallest absolute Gasteiger partial charge is 0.351 e. The Kier molecular flexibility index (Phi) is 6.85. The second kappa shape index (κ2) is 10.7. The number of amides is 1. The van der Waals surface area contributed by atoms with Crippen molar-refractivity contribution in [1.29, 1.82) is 0 Å². The number of hydrogen-bond acceptors (Lipinski definition) is 7. The molecule has 0 spiro atoms. The molecule has 3 aromatic heterocycles. The number of aryl methyl sites for hydroxylation is 2. The number of hydrogen-bond donors (Lipinski definition) is 3. The van der Waals surface area contributed by atoms with Crippen LogP contribution in [0.5, 0.6) is 0 Å². The van der Waals surface area contributed by atoms with Crippen LogP contribution < -0.4 is 16.0 Å². The van der Waals surface area contributed by atoms with Crippen LogP contribution in [0.3, 0.4) is 0 Å². The van der Waals surface area contributed by atoms with Gasteiger partial charge in [0.05, 0.1) is 11.3 Å². The zero-order chi connectivity index (χ0) is 29.4. The highest BCUT2D eigenvalue weighted by Crippen LogP contribution is 2.36. The Morgan fingerprint density at radius 1 is 0.929 bits per heavy atom. The summed E-state index contributed by atoms with van der Waals surface area (Å²) in [5.41, 5.74) is 0.731. The molecule has 1 saturated carbocycles. The van der Waals surface area contributed by atoms with Gasteiger partial charge in [0.1, 0.15) is 11.6 Å². The van der Waals surface area contributed by atoms with Crippen LogP contribution in [0.25, 0.3) is 11.5 Å². The summed E-state index contributed by atoms with van der Waals surface area (Å²) in [5.74, 6) is 1.45. The van der Waals surface area contributed by atoms with Crippen LogP contribution in [0, 0.1) is 13.8 Å². The summed E-state index contributed by atoms with van der Waals surface area (Å²) < 4.78 is 45.0. The van der Waals surface area contributed by atoms with E-state index in [9.17, 15) is 18.0 Å². The van der Waals surface area contributed by atoms with Crippen molar-refractivity contribution >= 4 is 29.2 Å². The molecule has 0 saturated heterocycles. The van der Waals surface area contributed by atoms with Gasteiger partial charge in [-0.1, -0.05) is 6.07 Å². The molecular formula is C29H26F3N9O. The molecule has 3 heterocycles. The Morgan fingerprint density at radius 2 is 1.71 bits per heavy atom. The van der Waals surface area contributed by atoms with Crippen LogP contribution in [-0.4, -0.2) is 41.0 Å². The summed E-state index contributed by atoms with van der Waals surface area (Å²) in [5, 5.41) is 9.11.